The Morgan fingerprint density at radius 2 is 1.93 bits per heavy atom. The maximum absolute atomic E-state index is 12.6. The molecule has 1 saturated heterocycles. The number of hydrogen-bond acceptors (Lipinski definition) is 6. The number of thiophene rings is 1. The third-order valence-electron chi connectivity index (χ3n) is 5.04. The van der Waals surface area contributed by atoms with Gasteiger partial charge in [-0.2, -0.15) is 4.31 Å². The summed E-state index contributed by atoms with van der Waals surface area (Å²) in [6.07, 6.45) is 5.40. The number of aromatic nitrogens is 1. The third kappa shape index (κ3) is 4.07. The highest BCUT2D eigenvalue weighted by atomic mass is 35.5. The van der Waals surface area contributed by atoms with Crippen molar-refractivity contribution in [2.75, 3.05) is 18.4 Å². The number of fused-ring (bicyclic) bond motifs is 1. The molecule has 0 bridgehead atoms. The monoisotopic (exact) mass is 445 g/mol. The van der Waals surface area contributed by atoms with Crippen LogP contribution in [0.25, 0.3) is 0 Å². The maximum atomic E-state index is 12.6. The molecule has 1 aliphatic heterocycles. The van der Waals surface area contributed by atoms with Gasteiger partial charge in [0, 0.05) is 23.9 Å². The average Bonchev–Trinajstić information content (AvgIpc) is 3.27. The van der Waals surface area contributed by atoms with Gasteiger partial charge in [0.1, 0.15) is 4.21 Å². The number of sulfonamides is 1. The van der Waals surface area contributed by atoms with E-state index in [0.29, 0.717) is 35.4 Å². The number of aryl methyl sites for hydroxylation is 2. The molecule has 3 heterocycles. The first kappa shape index (κ1) is 19.3. The van der Waals surface area contributed by atoms with Gasteiger partial charge in [-0.05, 0) is 50.7 Å². The zero-order valence-electron chi connectivity index (χ0n) is 14.6. The normalized spacial score (nSPS) is 19.0. The lowest BCUT2D eigenvalue weighted by molar-refractivity contribution is -0.120. The molecule has 0 spiro atoms. The summed E-state index contributed by atoms with van der Waals surface area (Å²) in [5, 5.41) is 3.62. The van der Waals surface area contributed by atoms with Gasteiger partial charge in [0.05, 0.1) is 10.0 Å². The number of carbonyl (C=O) groups is 1. The third-order valence-corrected chi connectivity index (χ3v) is 9.71. The van der Waals surface area contributed by atoms with E-state index < -0.39 is 10.0 Å². The highest BCUT2D eigenvalue weighted by molar-refractivity contribution is 7.91. The second kappa shape index (κ2) is 7.79. The number of amides is 1. The Kier molecular flexibility index (Phi) is 5.57. The predicted octanol–water partition coefficient (Wildman–Crippen LogP) is 3.78. The Bertz CT molecular complexity index is 922. The molecule has 4 rings (SSSR count). The van der Waals surface area contributed by atoms with E-state index in [1.165, 1.54) is 21.7 Å². The molecule has 1 aliphatic carbocycles. The van der Waals surface area contributed by atoms with Crippen LogP contribution in [-0.4, -0.2) is 36.7 Å². The zero-order chi connectivity index (χ0) is 19.0. The molecule has 0 saturated carbocycles. The Hall–Kier alpha value is -1.000. The van der Waals surface area contributed by atoms with E-state index in [-0.39, 0.29) is 16.0 Å². The average molecular weight is 446 g/mol. The van der Waals surface area contributed by atoms with E-state index in [2.05, 4.69) is 10.3 Å². The number of thiazole rings is 1. The van der Waals surface area contributed by atoms with Crippen molar-refractivity contribution in [2.24, 2.45) is 5.92 Å². The second-order valence-electron chi connectivity index (χ2n) is 6.82. The van der Waals surface area contributed by atoms with E-state index in [0.717, 1.165) is 36.3 Å². The Balaban J connectivity index is 1.36. The standard InChI is InChI=1S/C17H20ClN3O3S3/c18-14-5-6-15(26-14)27(23,24)21-9-7-11(8-10-21)16(22)20-17-19-12-3-1-2-4-13(12)25-17/h5-6,11H,1-4,7-10H2,(H,19,20,22). The van der Waals surface area contributed by atoms with Crippen LogP contribution in [0.1, 0.15) is 36.3 Å². The second-order valence-corrected chi connectivity index (χ2v) is 11.8. The van der Waals surface area contributed by atoms with E-state index in [4.69, 9.17) is 11.6 Å². The van der Waals surface area contributed by atoms with Crippen LogP contribution in [0.3, 0.4) is 0 Å². The molecule has 1 fully saturated rings. The maximum Gasteiger partial charge on any atom is 0.252 e. The van der Waals surface area contributed by atoms with Gasteiger partial charge in [-0.25, -0.2) is 13.4 Å². The van der Waals surface area contributed by atoms with Crippen molar-refractivity contribution in [3.63, 3.8) is 0 Å². The van der Waals surface area contributed by atoms with Crippen LogP contribution in [0, 0.1) is 5.92 Å². The molecule has 0 aromatic carbocycles. The van der Waals surface area contributed by atoms with Crippen molar-refractivity contribution in [2.45, 2.75) is 42.7 Å². The summed E-state index contributed by atoms with van der Waals surface area (Å²) in [5.74, 6) is -0.249. The smallest absolute Gasteiger partial charge is 0.252 e. The predicted molar refractivity (Wildman–Crippen MR) is 108 cm³/mol. The minimum absolute atomic E-state index is 0.0580. The summed E-state index contributed by atoms with van der Waals surface area (Å²) < 4.78 is 27.5. The summed E-state index contributed by atoms with van der Waals surface area (Å²) >= 11 is 8.49. The molecule has 0 radical (unpaired) electrons. The molecule has 2 aromatic heterocycles. The minimum atomic E-state index is -3.53. The number of nitrogens with one attached hydrogen (secondary N) is 1. The summed E-state index contributed by atoms with van der Waals surface area (Å²) in [5.41, 5.74) is 1.12. The molecular weight excluding hydrogens is 426 g/mol. The molecule has 0 atom stereocenters. The Labute approximate surface area is 171 Å². The van der Waals surface area contributed by atoms with Gasteiger partial charge in [-0.15, -0.1) is 22.7 Å². The fraction of sp³-hybridized carbons (Fsp3) is 0.529. The van der Waals surface area contributed by atoms with Crippen molar-refractivity contribution in [1.82, 2.24) is 9.29 Å². The molecule has 2 aliphatic rings. The molecule has 10 heteroatoms. The number of anilines is 1. The van der Waals surface area contributed by atoms with Gasteiger partial charge in [-0.3, -0.25) is 4.79 Å². The number of nitrogens with zero attached hydrogens (tertiary/aromatic N) is 2. The quantitative estimate of drug-likeness (QED) is 0.776. The first-order chi connectivity index (χ1) is 12.9. The van der Waals surface area contributed by atoms with Crippen LogP contribution in [0.15, 0.2) is 16.3 Å². The van der Waals surface area contributed by atoms with Crippen molar-refractivity contribution < 1.29 is 13.2 Å². The highest BCUT2D eigenvalue weighted by Gasteiger charge is 2.33. The largest absolute Gasteiger partial charge is 0.302 e. The van der Waals surface area contributed by atoms with Crippen LogP contribution in [0.2, 0.25) is 4.34 Å². The summed E-state index contributed by atoms with van der Waals surface area (Å²) in [6.45, 7) is 0.675. The van der Waals surface area contributed by atoms with Crippen LogP contribution in [0.4, 0.5) is 5.13 Å². The summed E-state index contributed by atoms with van der Waals surface area (Å²) in [6, 6.07) is 3.12. The number of hydrogen-bond donors (Lipinski definition) is 1. The zero-order valence-corrected chi connectivity index (χ0v) is 17.8. The molecule has 2 aromatic rings. The number of rotatable bonds is 4. The fourth-order valence-corrected chi connectivity index (χ4v) is 7.69. The van der Waals surface area contributed by atoms with Crippen LogP contribution in [0.5, 0.6) is 0 Å². The Morgan fingerprint density at radius 3 is 2.59 bits per heavy atom. The highest BCUT2D eigenvalue weighted by Crippen LogP contribution is 2.32. The van der Waals surface area contributed by atoms with Gasteiger partial charge < -0.3 is 5.32 Å². The van der Waals surface area contributed by atoms with E-state index >= 15 is 0 Å². The van der Waals surface area contributed by atoms with E-state index in [1.54, 1.807) is 17.4 Å². The molecule has 27 heavy (non-hydrogen) atoms. The molecular formula is C17H20ClN3O3S3. The van der Waals surface area contributed by atoms with Crippen molar-refractivity contribution in [3.05, 3.63) is 27.0 Å². The number of carbonyl (C=O) groups excluding carboxylic acids is 1. The minimum Gasteiger partial charge on any atom is -0.302 e. The lowest BCUT2D eigenvalue weighted by atomic mass is 9.97. The SMILES string of the molecule is O=C(Nc1nc2c(s1)CCCC2)C1CCN(S(=O)(=O)c2ccc(Cl)s2)CC1. The fourth-order valence-electron chi connectivity index (χ4n) is 3.53. The summed E-state index contributed by atoms with van der Waals surface area (Å²) in [7, 11) is -3.53. The van der Waals surface area contributed by atoms with E-state index in [9.17, 15) is 13.2 Å². The number of halogens is 1. The molecule has 146 valence electrons. The number of piperidine rings is 1. The first-order valence-electron chi connectivity index (χ1n) is 8.98. The van der Waals surface area contributed by atoms with Crippen LogP contribution >= 0.6 is 34.3 Å². The van der Waals surface area contributed by atoms with E-state index in [1.807, 2.05) is 0 Å². The lowest BCUT2D eigenvalue weighted by Gasteiger charge is -2.29. The van der Waals surface area contributed by atoms with Crippen molar-refractivity contribution in [3.8, 4) is 0 Å². The van der Waals surface area contributed by atoms with Gasteiger partial charge in [-0.1, -0.05) is 11.6 Å². The summed E-state index contributed by atoms with van der Waals surface area (Å²) in [4.78, 5) is 18.4. The van der Waals surface area contributed by atoms with Crippen molar-refractivity contribution >= 4 is 55.3 Å². The Morgan fingerprint density at radius 1 is 1.19 bits per heavy atom. The molecule has 0 unspecified atom stereocenters. The van der Waals surface area contributed by atoms with Gasteiger partial charge in [0.25, 0.3) is 10.0 Å². The van der Waals surface area contributed by atoms with Gasteiger partial charge in [0.2, 0.25) is 5.91 Å². The first-order valence-corrected chi connectivity index (χ1v) is 12.4. The van der Waals surface area contributed by atoms with Crippen LogP contribution in [-0.2, 0) is 27.7 Å². The topological polar surface area (TPSA) is 79.4 Å². The molecule has 1 amide bonds. The van der Waals surface area contributed by atoms with Gasteiger partial charge >= 0.3 is 0 Å². The molecule has 6 nitrogen and oxygen atoms in total. The van der Waals surface area contributed by atoms with Crippen molar-refractivity contribution in [1.29, 1.82) is 0 Å². The lowest BCUT2D eigenvalue weighted by Crippen LogP contribution is -2.41. The van der Waals surface area contributed by atoms with Gasteiger partial charge in [0.15, 0.2) is 5.13 Å². The van der Waals surface area contributed by atoms with Crippen LogP contribution < -0.4 is 5.32 Å². The molecule has 1 N–H and O–H groups in total.